The molecular weight excluding hydrogens is 587 g/mol. The fourth-order valence-electron chi connectivity index (χ4n) is 6.35. The Morgan fingerprint density at radius 2 is 0.896 bits per heavy atom. The molecule has 48 heavy (non-hydrogen) atoms. The number of aromatic nitrogens is 5. The average Bonchev–Trinajstić information content (AvgIpc) is 3.18. The standard InChI is InChI=1S/C43H27N5/c1-2-6-37-29(4-1)5-3-7-38(37)30-8-10-31(11-9-30)39-20-18-33-14-15-34-19-21-40(48-42(34)41(33)47-39)32-12-16-35(17-13-32)43-45-26-36(27-46-43)28-22-24-44-25-23-28/h1-27H. The Kier molecular flexibility index (Phi) is 6.72. The minimum absolute atomic E-state index is 0.679. The molecule has 0 fully saturated rings. The summed E-state index contributed by atoms with van der Waals surface area (Å²) < 4.78 is 0. The Labute approximate surface area is 277 Å². The molecule has 9 aromatic rings. The van der Waals surface area contributed by atoms with Gasteiger partial charge in [0.15, 0.2) is 5.82 Å². The highest BCUT2D eigenvalue weighted by Crippen LogP contribution is 2.32. The van der Waals surface area contributed by atoms with Crippen LogP contribution < -0.4 is 0 Å². The van der Waals surface area contributed by atoms with Gasteiger partial charge in [0.2, 0.25) is 0 Å². The van der Waals surface area contributed by atoms with Crippen LogP contribution in [0.2, 0.25) is 0 Å². The van der Waals surface area contributed by atoms with E-state index in [1.807, 2.05) is 36.7 Å². The summed E-state index contributed by atoms with van der Waals surface area (Å²) in [4.78, 5) is 23.6. The molecule has 0 amide bonds. The zero-order valence-electron chi connectivity index (χ0n) is 25.8. The molecule has 0 N–H and O–H groups in total. The zero-order chi connectivity index (χ0) is 31.9. The molecular formula is C43H27N5. The van der Waals surface area contributed by atoms with Crippen LogP contribution in [0, 0.1) is 0 Å². The minimum Gasteiger partial charge on any atom is -0.265 e. The molecule has 0 spiro atoms. The van der Waals surface area contributed by atoms with Crippen LogP contribution in [0.25, 0.3) is 88.7 Å². The summed E-state index contributed by atoms with van der Waals surface area (Å²) in [5.41, 5.74) is 11.0. The van der Waals surface area contributed by atoms with Gasteiger partial charge in [0.05, 0.1) is 22.4 Å². The van der Waals surface area contributed by atoms with Crippen LogP contribution in [-0.4, -0.2) is 24.9 Å². The SMILES string of the molecule is c1ccc2c(-c3ccc(-c4ccc5ccc6ccc(-c7ccc(-c8ncc(-c9ccncc9)cn8)cc7)nc6c5n4)cc3)cccc2c1. The molecule has 0 unspecified atom stereocenters. The number of fused-ring (bicyclic) bond motifs is 4. The Bertz CT molecular complexity index is 2570. The smallest absolute Gasteiger partial charge is 0.159 e. The largest absolute Gasteiger partial charge is 0.265 e. The van der Waals surface area contributed by atoms with E-state index in [0.717, 1.165) is 61.0 Å². The van der Waals surface area contributed by atoms with Gasteiger partial charge in [-0.25, -0.2) is 19.9 Å². The van der Waals surface area contributed by atoms with Crippen molar-refractivity contribution < 1.29 is 0 Å². The minimum atomic E-state index is 0.679. The van der Waals surface area contributed by atoms with Crippen molar-refractivity contribution in [2.24, 2.45) is 0 Å². The lowest BCUT2D eigenvalue weighted by Crippen LogP contribution is -1.92. The fourth-order valence-corrected chi connectivity index (χ4v) is 6.35. The van der Waals surface area contributed by atoms with Crippen molar-refractivity contribution in [1.29, 1.82) is 0 Å². The molecule has 5 aromatic carbocycles. The first kappa shape index (κ1) is 27.7. The fraction of sp³-hybridized carbons (Fsp3) is 0. The lowest BCUT2D eigenvalue weighted by atomic mass is 9.97. The monoisotopic (exact) mass is 613 g/mol. The van der Waals surface area contributed by atoms with Crippen LogP contribution in [0.3, 0.4) is 0 Å². The van der Waals surface area contributed by atoms with Crippen molar-refractivity contribution >= 4 is 32.6 Å². The van der Waals surface area contributed by atoms with Gasteiger partial charge in [-0.15, -0.1) is 0 Å². The molecule has 9 rings (SSSR count). The van der Waals surface area contributed by atoms with Gasteiger partial charge < -0.3 is 0 Å². The summed E-state index contributed by atoms with van der Waals surface area (Å²) in [6.45, 7) is 0. The van der Waals surface area contributed by atoms with Crippen molar-refractivity contribution in [3.8, 4) is 56.2 Å². The highest BCUT2D eigenvalue weighted by Gasteiger charge is 2.11. The predicted octanol–water partition coefficient (Wildman–Crippen LogP) is 10.5. The highest BCUT2D eigenvalue weighted by atomic mass is 14.9. The maximum absolute atomic E-state index is 5.16. The van der Waals surface area contributed by atoms with Gasteiger partial charge in [-0.05, 0) is 51.7 Å². The van der Waals surface area contributed by atoms with Crippen molar-refractivity contribution in [1.82, 2.24) is 24.9 Å². The van der Waals surface area contributed by atoms with Gasteiger partial charge in [0.1, 0.15) is 0 Å². The molecule has 0 saturated carbocycles. The summed E-state index contributed by atoms with van der Waals surface area (Å²) in [7, 11) is 0. The molecule has 0 aliphatic heterocycles. The third-order valence-corrected chi connectivity index (χ3v) is 8.91. The van der Waals surface area contributed by atoms with Crippen molar-refractivity contribution in [3.05, 3.63) is 164 Å². The normalized spacial score (nSPS) is 11.3. The first-order valence-corrected chi connectivity index (χ1v) is 15.9. The summed E-state index contributed by atoms with van der Waals surface area (Å²) in [5, 5.41) is 4.61. The van der Waals surface area contributed by atoms with Crippen molar-refractivity contribution in [2.45, 2.75) is 0 Å². The van der Waals surface area contributed by atoms with E-state index >= 15 is 0 Å². The van der Waals surface area contributed by atoms with Crippen molar-refractivity contribution in [3.63, 3.8) is 0 Å². The molecule has 224 valence electrons. The van der Waals surface area contributed by atoms with Crippen LogP contribution in [0.5, 0.6) is 0 Å². The molecule has 0 aliphatic carbocycles. The Morgan fingerprint density at radius 1 is 0.354 bits per heavy atom. The molecule has 0 aliphatic rings. The van der Waals surface area contributed by atoms with Gasteiger partial charge in [-0.3, -0.25) is 4.98 Å². The summed E-state index contributed by atoms with van der Waals surface area (Å²) >= 11 is 0. The molecule has 0 radical (unpaired) electrons. The molecule has 5 nitrogen and oxygen atoms in total. The number of rotatable bonds is 5. The predicted molar refractivity (Wildman–Crippen MR) is 195 cm³/mol. The second kappa shape index (κ2) is 11.6. The average molecular weight is 614 g/mol. The summed E-state index contributed by atoms with van der Waals surface area (Å²) in [5.74, 6) is 0.679. The molecule has 4 aromatic heterocycles. The van der Waals surface area contributed by atoms with E-state index in [1.54, 1.807) is 12.4 Å². The van der Waals surface area contributed by atoms with E-state index in [4.69, 9.17) is 9.97 Å². The van der Waals surface area contributed by atoms with Crippen LogP contribution in [-0.2, 0) is 0 Å². The van der Waals surface area contributed by atoms with E-state index in [0.29, 0.717) is 5.82 Å². The summed E-state index contributed by atoms with van der Waals surface area (Å²) in [6.07, 6.45) is 7.24. The second-order valence-electron chi connectivity index (χ2n) is 11.8. The van der Waals surface area contributed by atoms with Gasteiger partial charge >= 0.3 is 0 Å². The third-order valence-electron chi connectivity index (χ3n) is 8.91. The Hall–Kier alpha value is -6.59. The first-order valence-electron chi connectivity index (χ1n) is 15.9. The number of benzene rings is 5. The van der Waals surface area contributed by atoms with Crippen molar-refractivity contribution in [2.75, 3.05) is 0 Å². The van der Waals surface area contributed by atoms with Crippen LogP contribution in [0.4, 0.5) is 0 Å². The number of nitrogens with zero attached hydrogens (tertiary/aromatic N) is 5. The van der Waals surface area contributed by atoms with Crippen LogP contribution >= 0.6 is 0 Å². The Balaban J connectivity index is 1.03. The van der Waals surface area contributed by atoms with E-state index in [-0.39, 0.29) is 0 Å². The second-order valence-corrected chi connectivity index (χ2v) is 11.8. The molecule has 0 atom stereocenters. The third kappa shape index (κ3) is 5.04. The number of pyridine rings is 3. The van der Waals surface area contributed by atoms with Crippen LogP contribution in [0.1, 0.15) is 0 Å². The Morgan fingerprint density at radius 3 is 1.54 bits per heavy atom. The van der Waals surface area contributed by atoms with E-state index in [9.17, 15) is 0 Å². The quantitative estimate of drug-likeness (QED) is 0.181. The molecule has 5 heteroatoms. The van der Waals surface area contributed by atoms with E-state index < -0.39 is 0 Å². The van der Waals surface area contributed by atoms with Gasteiger partial charge in [-0.1, -0.05) is 115 Å². The molecule has 0 saturated heterocycles. The first-order chi connectivity index (χ1) is 23.8. The topological polar surface area (TPSA) is 64.5 Å². The lowest BCUT2D eigenvalue weighted by Gasteiger charge is -2.10. The lowest BCUT2D eigenvalue weighted by molar-refractivity contribution is 1.18. The molecule has 4 heterocycles. The maximum Gasteiger partial charge on any atom is 0.159 e. The van der Waals surface area contributed by atoms with Gasteiger partial charge in [-0.2, -0.15) is 0 Å². The number of hydrogen-bond donors (Lipinski definition) is 0. The van der Waals surface area contributed by atoms with Gasteiger partial charge in [0, 0.05) is 57.8 Å². The zero-order valence-corrected chi connectivity index (χ0v) is 25.8. The number of hydrogen-bond acceptors (Lipinski definition) is 5. The molecule has 0 bridgehead atoms. The highest BCUT2D eigenvalue weighted by molar-refractivity contribution is 6.04. The van der Waals surface area contributed by atoms with Gasteiger partial charge in [0.25, 0.3) is 0 Å². The van der Waals surface area contributed by atoms with E-state index in [2.05, 4.69) is 130 Å². The summed E-state index contributed by atoms with van der Waals surface area (Å²) in [6, 6.07) is 48.5. The maximum atomic E-state index is 5.16. The van der Waals surface area contributed by atoms with E-state index in [1.165, 1.54) is 21.9 Å². The van der Waals surface area contributed by atoms with Crippen LogP contribution in [0.15, 0.2) is 164 Å².